The molecule has 0 spiro atoms. The first kappa shape index (κ1) is 19.7. The molecule has 0 fully saturated rings. The average molecular weight is 504 g/mol. The van der Waals surface area contributed by atoms with E-state index in [1.165, 1.54) is 10.3 Å². The highest BCUT2D eigenvalue weighted by Crippen LogP contribution is 2.45. The number of carbonyl (C=O) groups excluding carboxylic acids is 2. The first-order valence-electron chi connectivity index (χ1n) is 11.2. The van der Waals surface area contributed by atoms with Gasteiger partial charge in [0.2, 0.25) is 0 Å². The molecule has 1 heterocycles. The predicted molar refractivity (Wildman–Crippen MR) is 142 cm³/mol. The van der Waals surface area contributed by atoms with Crippen LogP contribution in [0.4, 0.5) is 5.69 Å². The van der Waals surface area contributed by atoms with E-state index in [9.17, 15) is 9.59 Å². The summed E-state index contributed by atoms with van der Waals surface area (Å²) < 4.78 is 1.05. The maximum atomic E-state index is 13.8. The minimum absolute atomic E-state index is 0.265. The van der Waals surface area contributed by atoms with Gasteiger partial charge in [0.15, 0.2) is 0 Å². The van der Waals surface area contributed by atoms with E-state index in [1.54, 1.807) is 0 Å². The van der Waals surface area contributed by atoms with Gasteiger partial charge in [-0.1, -0.05) is 70.5 Å². The van der Waals surface area contributed by atoms with Gasteiger partial charge in [-0.3, -0.25) is 9.59 Å². The Hall–Kier alpha value is -3.76. The first-order chi connectivity index (χ1) is 16.5. The molecule has 162 valence electrons. The van der Waals surface area contributed by atoms with Crippen LogP contribution in [0.3, 0.4) is 0 Å². The van der Waals surface area contributed by atoms with Crippen molar-refractivity contribution in [2.24, 2.45) is 0 Å². The molecular weight excluding hydrogens is 486 g/mol. The van der Waals surface area contributed by atoms with Gasteiger partial charge in [0.25, 0.3) is 11.8 Å². The summed E-state index contributed by atoms with van der Waals surface area (Å²) in [4.78, 5) is 29.0. The van der Waals surface area contributed by atoms with Crippen LogP contribution in [0.15, 0.2) is 77.3 Å². The molecule has 3 nitrogen and oxygen atoms in total. The third-order valence-electron chi connectivity index (χ3n) is 7.26. The minimum atomic E-state index is -0.265. The van der Waals surface area contributed by atoms with Crippen LogP contribution in [0.5, 0.6) is 0 Å². The van der Waals surface area contributed by atoms with Crippen molar-refractivity contribution in [1.29, 1.82) is 0 Å². The molecule has 0 unspecified atom stereocenters. The molecule has 7 rings (SSSR count). The Morgan fingerprint density at radius 1 is 0.559 bits per heavy atom. The van der Waals surface area contributed by atoms with Gasteiger partial charge in [-0.2, -0.15) is 0 Å². The number of rotatable bonds is 1. The van der Waals surface area contributed by atoms with Crippen molar-refractivity contribution in [2.75, 3.05) is 4.90 Å². The molecule has 1 aliphatic heterocycles. The van der Waals surface area contributed by atoms with Gasteiger partial charge in [0.05, 0.1) is 5.69 Å². The third kappa shape index (κ3) is 2.31. The topological polar surface area (TPSA) is 37.4 Å². The number of anilines is 1. The zero-order valence-electron chi connectivity index (χ0n) is 18.6. The van der Waals surface area contributed by atoms with Crippen molar-refractivity contribution in [1.82, 2.24) is 0 Å². The molecule has 6 aromatic carbocycles. The summed E-state index contributed by atoms with van der Waals surface area (Å²) in [6.07, 6.45) is 0. The van der Waals surface area contributed by atoms with Gasteiger partial charge in [0, 0.05) is 21.0 Å². The average Bonchev–Trinajstić information content (AvgIpc) is 2.84. The number of fused-ring (bicyclic) bond motifs is 2. The Morgan fingerprint density at radius 3 is 1.71 bits per heavy atom. The Balaban J connectivity index is 1.63. The van der Waals surface area contributed by atoms with Crippen molar-refractivity contribution in [3.8, 4) is 0 Å². The lowest BCUT2D eigenvalue weighted by molar-refractivity contribution is 0.0893. The predicted octanol–water partition coefficient (Wildman–Crippen LogP) is 7.92. The quantitative estimate of drug-likeness (QED) is 0.130. The number of imide groups is 1. The Morgan fingerprint density at radius 2 is 1.06 bits per heavy atom. The van der Waals surface area contributed by atoms with E-state index in [2.05, 4.69) is 46.3 Å². The van der Waals surface area contributed by atoms with Crippen molar-refractivity contribution in [2.45, 2.75) is 13.8 Å². The zero-order valence-corrected chi connectivity index (χ0v) is 20.2. The number of hydrogen-bond acceptors (Lipinski definition) is 2. The molecule has 34 heavy (non-hydrogen) atoms. The molecule has 0 atom stereocenters. The molecule has 0 bridgehead atoms. The van der Waals surface area contributed by atoms with Crippen LogP contribution in [0, 0.1) is 13.8 Å². The number of para-hydroxylation sites is 1. The van der Waals surface area contributed by atoms with Gasteiger partial charge in [0.1, 0.15) is 0 Å². The summed E-state index contributed by atoms with van der Waals surface area (Å²) >= 11 is 3.70. The summed E-state index contributed by atoms with van der Waals surface area (Å²) in [6, 6.07) is 24.2. The highest BCUT2D eigenvalue weighted by atomic mass is 79.9. The first-order valence-corrected chi connectivity index (χ1v) is 12.0. The molecule has 0 radical (unpaired) electrons. The van der Waals surface area contributed by atoms with Crippen LogP contribution < -0.4 is 4.90 Å². The number of benzene rings is 6. The summed E-state index contributed by atoms with van der Waals surface area (Å²) in [5.41, 5.74) is 3.64. The van der Waals surface area contributed by atoms with E-state index < -0.39 is 0 Å². The summed E-state index contributed by atoms with van der Waals surface area (Å²) in [7, 11) is 0. The van der Waals surface area contributed by atoms with Gasteiger partial charge in [-0.15, -0.1) is 0 Å². The Kier molecular flexibility index (Phi) is 3.85. The van der Waals surface area contributed by atoms with E-state index in [0.29, 0.717) is 16.8 Å². The van der Waals surface area contributed by atoms with Crippen LogP contribution in [0.2, 0.25) is 0 Å². The number of hydrogen-bond donors (Lipinski definition) is 0. The summed E-state index contributed by atoms with van der Waals surface area (Å²) in [6.45, 7) is 3.88. The molecule has 6 aromatic rings. The van der Waals surface area contributed by atoms with Gasteiger partial charge in [-0.05, 0) is 80.9 Å². The third-order valence-corrected chi connectivity index (χ3v) is 7.95. The van der Waals surface area contributed by atoms with E-state index >= 15 is 0 Å². The molecule has 0 aliphatic carbocycles. The Bertz CT molecular complexity index is 1790. The van der Waals surface area contributed by atoms with Gasteiger partial charge >= 0.3 is 0 Å². The summed E-state index contributed by atoms with van der Waals surface area (Å²) in [5, 5.41) is 8.48. The van der Waals surface area contributed by atoms with Crippen LogP contribution in [0.1, 0.15) is 31.8 Å². The maximum Gasteiger partial charge on any atom is 0.266 e. The fourth-order valence-electron chi connectivity index (χ4n) is 5.82. The van der Waals surface area contributed by atoms with Crippen molar-refractivity contribution in [3.05, 3.63) is 99.5 Å². The zero-order chi connectivity index (χ0) is 23.3. The van der Waals surface area contributed by atoms with Crippen LogP contribution >= 0.6 is 15.9 Å². The lowest BCUT2D eigenvalue weighted by Gasteiger charge is -2.30. The smallest absolute Gasteiger partial charge is 0.266 e. The molecule has 0 aromatic heterocycles. The molecule has 0 saturated heterocycles. The number of nitrogens with zero attached hydrogens (tertiary/aromatic N) is 1. The van der Waals surface area contributed by atoms with Gasteiger partial charge in [-0.25, -0.2) is 4.90 Å². The molecule has 0 saturated carbocycles. The SMILES string of the molecule is Cc1cccc(C)c1N1C(=O)c2ccc3c4cccc5c(Br)ccc(c6ccc(c2c36)C1=O)c54. The van der Waals surface area contributed by atoms with E-state index in [-0.39, 0.29) is 11.8 Å². The van der Waals surface area contributed by atoms with Crippen molar-refractivity contribution < 1.29 is 9.59 Å². The second-order valence-corrected chi connectivity index (χ2v) is 9.93. The highest BCUT2D eigenvalue weighted by Gasteiger charge is 2.36. The fourth-order valence-corrected chi connectivity index (χ4v) is 6.28. The Labute approximate surface area is 204 Å². The lowest BCUT2D eigenvalue weighted by atomic mass is 9.84. The van der Waals surface area contributed by atoms with Crippen LogP contribution in [-0.2, 0) is 0 Å². The minimum Gasteiger partial charge on any atom is -0.268 e. The monoisotopic (exact) mass is 503 g/mol. The fraction of sp³-hybridized carbons (Fsp3) is 0.0667. The summed E-state index contributed by atoms with van der Waals surface area (Å²) in [5.74, 6) is -0.531. The number of amides is 2. The molecule has 1 aliphatic rings. The molecule has 0 N–H and O–H groups in total. The van der Waals surface area contributed by atoms with E-state index in [1.807, 2.05) is 56.3 Å². The standard InChI is InChI=1S/C30H18BrNO2/c1-15-5-3-6-16(2)28(15)32-29(33)22-11-9-19-17-7-4-8-21-24(31)14-13-18(25(17)21)20-10-12-23(30(32)34)27(22)26(19)20/h3-14H,1-2H3. The molecular formula is C30H18BrNO2. The molecule has 4 heteroatoms. The number of aryl methyl sites for hydroxylation is 2. The number of halogens is 1. The number of carbonyl (C=O) groups is 2. The second kappa shape index (κ2) is 6.64. The van der Waals surface area contributed by atoms with Crippen molar-refractivity contribution in [3.63, 3.8) is 0 Å². The molecule has 2 amide bonds. The largest absolute Gasteiger partial charge is 0.268 e. The van der Waals surface area contributed by atoms with E-state index in [4.69, 9.17) is 0 Å². The lowest BCUT2D eigenvalue weighted by Crippen LogP contribution is -2.41. The highest BCUT2D eigenvalue weighted by molar-refractivity contribution is 9.10. The normalized spacial score (nSPS) is 13.8. The van der Waals surface area contributed by atoms with Crippen LogP contribution in [-0.4, -0.2) is 11.8 Å². The van der Waals surface area contributed by atoms with Gasteiger partial charge < -0.3 is 0 Å². The van der Waals surface area contributed by atoms with Crippen molar-refractivity contribution >= 4 is 76.5 Å². The van der Waals surface area contributed by atoms with Crippen LogP contribution in [0.25, 0.3) is 43.1 Å². The maximum absolute atomic E-state index is 13.8. The van der Waals surface area contributed by atoms with E-state index in [0.717, 1.165) is 53.3 Å². The second-order valence-electron chi connectivity index (χ2n) is 9.08.